The van der Waals surface area contributed by atoms with Crippen molar-refractivity contribution >= 4 is 0 Å². The molecule has 0 bridgehead atoms. The summed E-state index contributed by atoms with van der Waals surface area (Å²) in [5.41, 5.74) is 7.27. The number of nitrogens with zero attached hydrogens (tertiary/aromatic N) is 3. The number of rotatable bonds is 6. The summed E-state index contributed by atoms with van der Waals surface area (Å²) in [6.45, 7) is 8.16. The summed E-state index contributed by atoms with van der Waals surface area (Å²) in [7, 11) is 4.33. The predicted octanol–water partition coefficient (Wildman–Crippen LogP) is 1.51. The zero-order valence-corrected chi connectivity index (χ0v) is 14.0. The molecule has 0 saturated carbocycles. The first-order chi connectivity index (χ1) is 10.1. The summed E-state index contributed by atoms with van der Waals surface area (Å²) >= 11 is 0. The monoisotopic (exact) mass is 292 g/mol. The Morgan fingerprint density at radius 1 is 1.29 bits per heavy atom. The van der Waals surface area contributed by atoms with E-state index in [0.29, 0.717) is 0 Å². The number of nitrogens with two attached hydrogens (primary N) is 1. The summed E-state index contributed by atoms with van der Waals surface area (Å²) in [4.78, 5) is 7.48. The fourth-order valence-electron chi connectivity index (χ4n) is 3.26. The zero-order valence-electron chi connectivity index (χ0n) is 14.0. The van der Waals surface area contributed by atoms with Crippen LogP contribution in [0.25, 0.3) is 0 Å². The van der Waals surface area contributed by atoms with E-state index in [-0.39, 0.29) is 6.04 Å². The van der Waals surface area contributed by atoms with Crippen LogP contribution < -0.4 is 5.73 Å². The second-order valence-corrected chi connectivity index (χ2v) is 6.56. The van der Waals surface area contributed by atoms with Crippen molar-refractivity contribution in [2.45, 2.75) is 38.3 Å². The SMILES string of the molecule is CCC(CCN(C)C)N1CCN(C2=CCC(N)C=C2)CC1. The number of piperazine rings is 1. The molecule has 2 aliphatic rings. The van der Waals surface area contributed by atoms with Gasteiger partial charge in [-0.1, -0.05) is 19.1 Å². The quantitative estimate of drug-likeness (QED) is 0.805. The van der Waals surface area contributed by atoms with Gasteiger partial charge >= 0.3 is 0 Å². The van der Waals surface area contributed by atoms with Crippen LogP contribution in [-0.2, 0) is 0 Å². The van der Waals surface area contributed by atoms with E-state index in [0.717, 1.165) is 25.6 Å². The highest BCUT2D eigenvalue weighted by atomic mass is 15.3. The minimum absolute atomic E-state index is 0.213. The van der Waals surface area contributed by atoms with E-state index in [1.165, 1.54) is 38.2 Å². The van der Waals surface area contributed by atoms with Crippen LogP contribution >= 0.6 is 0 Å². The Hall–Kier alpha value is -0.840. The highest BCUT2D eigenvalue weighted by Gasteiger charge is 2.23. The Morgan fingerprint density at radius 3 is 2.52 bits per heavy atom. The van der Waals surface area contributed by atoms with Crippen molar-refractivity contribution in [2.75, 3.05) is 46.8 Å². The zero-order chi connectivity index (χ0) is 15.2. The average molecular weight is 292 g/mol. The lowest BCUT2D eigenvalue weighted by Crippen LogP contribution is -2.50. The van der Waals surface area contributed by atoms with Gasteiger partial charge in [-0.3, -0.25) is 4.90 Å². The molecular formula is C17H32N4. The molecule has 1 saturated heterocycles. The molecule has 21 heavy (non-hydrogen) atoms. The molecule has 0 aromatic carbocycles. The summed E-state index contributed by atoms with van der Waals surface area (Å²) in [5, 5.41) is 0. The molecular weight excluding hydrogens is 260 g/mol. The molecule has 0 aromatic rings. The van der Waals surface area contributed by atoms with Gasteiger partial charge in [-0.15, -0.1) is 0 Å². The third-order valence-corrected chi connectivity index (χ3v) is 4.69. The van der Waals surface area contributed by atoms with E-state index in [1.807, 2.05) is 0 Å². The Morgan fingerprint density at radius 2 is 2.00 bits per heavy atom. The van der Waals surface area contributed by atoms with Crippen molar-refractivity contribution in [1.82, 2.24) is 14.7 Å². The molecule has 0 amide bonds. The molecule has 4 heteroatoms. The van der Waals surface area contributed by atoms with E-state index in [1.54, 1.807) is 0 Å². The van der Waals surface area contributed by atoms with E-state index < -0.39 is 0 Å². The largest absolute Gasteiger partial charge is 0.369 e. The van der Waals surface area contributed by atoms with Crippen LogP contribution in [0, 0.1) is 0 Å². The Bertz CT molecular complexity index is 367. The van der Waals surface area contributed by atoms with Gasteiger partial charge in [-0.2, -0.15) is 0 Å². The van der Waals surface area contributed by atoms with Crippen molar-refractivity contribution in [2.24, 2.45) is 5.73 Å². The maximum atomic E-state index is 5.90. The smallest absolute Gasteiger partial charge is 0.0324 e. The first-order valence-electron chi connectivity index (χ1n) is 8.37. The summed E-state index contributed by atoms with van der Waals surface area (Å²) in [6.07, 6.45) is 10.1. The van der Waals surface area contributed by atoms with Crippen molar-refractivity contribution in [3.05, 3.63) is 23.9 Å². The molecule has 1 heterocycles. The fourth-order valence-corrected chi connectivity index (χ4v) is 3.26. The molecule has 0 aromatic heterocycles. The minimum Gasteiger partial charge on any atom is -0.369 e. The topological polar surface area (TPSA) is 35.7 Å². The first-order valence-corrected chi connectivity index (χ1v) is 8.37. The second kappa shape index (κ2) is 7.97. The lowest BCUT2D eigenvalue weighted by atomic mass is 10.1. The highest BCUT2D eigenvalue weighted by molar-refractivity contribution is 5.24. The van der Waals surface area contributed by atoms with Crippen LogP contribution in [0.4, 0.5) is 0 Å². The maximum absolute atomic E-state index is 5.90. The van der Waals surface area contributed by atoms with Crippen molar-refractivity contribution in [3.8, 4) is 0 Å². The second-order valence-electron chi connectivity index (χ2n) is 6.56. The lowest BCUT2D eigenvalue weighted by molar-refractivity contribution is 0.105. The minimum atomic E-state index is 0.213. The van der Waals surface area contributed by atoms with Crippen molar-refractivity contribution < 1.29 is 0 Å². The Labute approximate surface area is 130 Å². The summed E-state index contributed by atoms with van der Waals surface area (Å²) in [6, 6.07) is 0.949. The van der Waals surface area contributed by atoms with E-state index in [4.69, 9.17) is 5.73 Å². The molecule has 2 N–H and O–H groups in total. The fraction of sp³-hybridized carbons (Fsp3) is 0.765. The third-order valence-electron chi connectivity index (χ3n) is 4.69. The van der Waals surface area contributed by atoms with Gasteiger partial charge in [0.1, 0.15) is 0 Å². The van der Waals surface area contributed by atoms with Crippen LogP contribution in [-0.4, -0.2) is 73.6 Å². The number of hydrogen-bond acceptors (Lipinski definition) is 4. The summed E-state index contributed by atoms with van der Waals surface area (Å²) < 4.78 is 0. The molecule has 2 atom stereocenters. The normalized spacial score (nSPS) is 25.3. The summed E-state index contributed by atoms with van der Waals surface area (Å²) in [5.74, 6) is 0. The van der Waals surface area contributed by atoms with Gasteiger partial charge in [0.05, 0.1) is 0 Å². The Balaban J connectivity index is 1.80. The van der Waals surface area contributed by atoms with E-state index >= 15 is 0 Å². The molecule has 2 rings (SSSR count). The van der Waals surface area contributed by atoms with Crippen molar-refractivity contribution in [3.63, 3.8) is 0 Å². The standard InChI is InChI=1S/C17H32N4/c1-4-16(9-10-19(2)3)20-11-13-21(14-12-20)17-7-5-15(18)6-8-17/h5,7-8,15-16H,4,6,9-14,18H2,1-3H3. The van der Waals surface area contributed by atoms with Gasteiger partial charge in [0.15, 0.2) is 0 Å². The maximum Gasteiger partial charge on any atom is 0.0324 e. The van der Waals surface area contributed by atoms with Crippen LogP contribution in [0.3, 0.4) is 0 Å². The van der Waals surface area contributed by atoms with Crippen LogP contribution in [0.1, 0.15) is 26.2 Å². The van der Waals surface area contributed by atoms with Gasteiger partial charge in [-0.05, 0) is 46.0 Å². The lowest BCUT2D eigenvalue weighted by Gasteiger charge is -2.41. The third kappa shape index (κ3) is 4.83. The predicted molar refractivity (Wildman–Crippen MR) is 90.2 cm³/mol. The van der Waals surface area contributed by atoms with Crippen LogP contribution in [0.2, 0.25) is 0 Å². The molecule has 1 aliphatic carbocycles. The van der Waals surface area contributed by atoms with E-state index in [2.05, 4.69) is 53.9 Å². The van der Waals surface area contributed by atoms with Gasteiger partial charge in [-0.25, -0.2) is 0 Å². The first kappa shape index (κ1) is 16.5. The van der Waals surface area contributed by atoms with Gasteiger partial charge < -0.3 is 15.5 Å². The van der Waals surface area contributed by atoms with Crippen LogP contribution in [0.5, 0.6) is 0 Å². The average Bonchev–Trinajstić information content (AvgIpc) is 2.49. The molecule has 0 radical (unpaired) electrons. The molecule has 1 fully saturated rings. The molecule has 120 valence electrons. The molecule has 2 unspecified atom stereocenters. The van der Waals surface area contributed by atoms with Gasteiger partial charge in [0, 0.05) is 44.0 Å². The van der Waals surface area contributed by atoms with E-state index in [9.17, 15) is 0 Å². The molecule has 0 spiro atoms. The van der Waals surface area contributed by atoms with Crippen LogP contribution in [0.15, 0.2) is 23.9 Å². The van der Waals surface area contributed by atoms with Gasteiger partial charge in [0.25, 0.3) is 0 Å². The highest BCUT2D eigenvalue weighted by Crippen LogP contribution is 2.19. The number of allylic oxidation sites excluding steroid dienone is 1. The number of hydrogen-bond donors (Lipinski definition) is 1. The molecule has 4 nitrogen and oxygen atoms in total. The van der Waals surface area contributed by atoms with Gasteiger partial charge in [0.2, 0.25) is 0 Å². The van der Waals surface area contributed by atoms with Crippen molar-refractivity contribution in [1.29, 1.82) is 0 Å². The Kier molecular flexibility index (Phi) is 6.27. The molecule has 1 aliphatic heterocycles.